The molecule has 0 saturated heterocycles. The fraction of sp³-hybridized carbons (Fsp3) is 0.0909. The number of halogens is 1. The first kappa shape index (κ1) is 11.7. The van der Waals surface area contributed by atoms with Crippen molar-refractivity contribution in [2.45, 2.75) is 6.54 Å². The molecule has 18 heavy (non-hydrogen) atoms. The van der Waals surface area contributed by atoms with Crippen LogP contribution in [-0.2, 0) is 6.54 Å². The fourth-order valence-corrected chi connectivity index (χ4v) is 1.45. The maximum atomic E-state index is 13.1. The molecule has 90 valence electrons. The highest BCUT2D eigenvalue weighted by Gasteiger charge is 2.07. The van der Waals surface area contributed by atoms with Gasteiger partial charge >= 0.3 is 5.69 Å². The summed E-state index contributed by atoms with van der Waals surface area (Å²) >= 11 is 0. The van der Waals surface area contributed by atoms with Gasteiger partial charge in [-0.1, -0.05) is 6.07 Å². The molecular weight excluding hydrogens is 239 g/mol. The van der Waals surface area contributed by atoms with Gasteiger partial charge in [0.05, 0.1) is 12.7 Å². The number of hydrogen-bond donors (Lipinski definition) is 1. The van der Waals surface area contributed by atoms with Crippen LogP contribution >= 0.6 is 0 Å². The zero-order valence-electron chi connectivity index (χ0n) is 9.05. The van der Waals surface area contributed by atoms with Crippen molar-refractivity contribution in [3.63, 3.8) is 0 Å². The Morgan fingerprint density at radius 1 is 1.50 bits per heavy atom. The molecular formula is C11H7FN4O2. The Balaban J connectivity index is 2.47. The lowest BCUT2D eigenvalue weighted by atomic mass is 10.2. The molecule has 0 unspecified atom stereocenters. The number of hydrogen-bond acceptors (Lipinski definition) is 4. The third-order valence-electron chi connectivity index (χ3n) is 2.31. The second kappa shape index (κ2) is 4.63. The Morgan fingerprint density at radius 2 is 2.28 bits per heavy atom. The number of H-pyrrole nitrogens is 1. The minimum absolute atomic E-state index is 0.0384. The number of nitrogens with zero attached hydrogens (tertiary/aromatic N) is 3. The topological polar surface area (TPSA) is 91.5 Å². The highest BCUT2D eigenvalue weighted by molar-refractivity contribution is 5.30. The Morgan fingerprint density at radius 3 is 3.00 bits per heavy atom. The van der Waals surface area contributed by atoms with E-state index in [-0.39, 0.29) is 12.2 Å². The number of aromatic nitrogens is 3. The Bertz CT molecular complexity index is 742. The fourth-order valence-electron chi connectivity index (χ4n) is 1.45. The van der Waals surface area contributed by atoms with Crippen LogP contribution < -0.4 is 11.2 Å². The number of pyridine rings is 1. The first-order valence-corrected chi connectivity index (χ1v) is 4.95. The summed E-state index contributed by atoms with van der Waals surface area (Å²) in [5, 5.41) is 8.83. The van der Waals surface area contributed by atoms with Crippen LogP contribution in [0.1, 0.15) is 11.3 Å². The summed E-state index contributed by atoms with van der Waals surface area (Å²) in [5.74, 6) is -1.06. The number of nitriles is 1. The Kier molecular flexibility index (Phi) is 3.02. The van der Waals surface area contributed by atoms with E-state index in [4.69, 9.17) is 5.26 Å². The van der Waals surface area contributed by atoms with Crippen LogP contribution in [0, 0.1) is 17.1 Å². The van der Waals surface area contributed by atoms with Crippen molar-refractivity contribution >= 4 is 0 Å². The lowest BCUT2D eigenvalue weighted by Crippen LogP contribution is -2.31. The summed E-state index contributed by atoms with van der Waals surface area (Å²) in [6, 6.07) is 5.07. The lowest BCUT2D eigenvalue weighted by molar-refractivity contribution is 0.565. The van der Waals surface area contributed by atoms with Crippen molar-refractivity contribution in [2.75, 3.05) is 0 Å². The van der Waals surface area contributed by atoms with Gasteiger partial charge in [-0.25, -0.2) is 9.78 Å². The summed E-state index contributed by atoms with van der Waals surface area (Å²) in [4.78, 5) is 28.0. The molecule has 2 aromatic rings. The van der Waals surface area contributed by atoms with Crippen molar-refractivity contribution < 1.29 is 4.39 Å². The first-order chi connectivity index (χ1) is 8.61. The molecule has 1 N–H and O–H groups in total. The molecule has 0 aliphatic carbocycles. The van der Waals surface area contributed by atoms with Gasteiger partial charge in [0.25, 0.3) is 5.56 Å². The van der Waals surface area contributed by atoms with Crippen LogP contribution in [-0.4, -0.2) is 14.5 Å². The Labute approximate surface area is 100.0 Å². The van der Waals surface area contributed by atoms with Crippen LogP contribution in [0.3, 0.4) is 0 Å². The summed E-state index contributed by atoms with van der Waals surface area (Å²) in [5.41, 5.74) is -1.19. The van der Waals surface area contributed by atoms with E-state index in [1.54, 1.807) is 12.1 Å². The molecule has 0 atom stereocenters. The molecule has 6 nitrogen and oxygen atoms in total. The van der Waals surface area contributed by atoms with Crippen molar-refractivity contribution in [1.82, 2.24) is 14.5 Å². The molecule has 0 radical (unpaired) electrons. The summed E-state index contributed by atoms with van der Waals surface area (Å²) < 4.78 is 14.0. The molecule has 2 heterocycles. The van der Waals surface area contributed by atoms with Gasteiger partial charge in [0.2, 0.25) is 5.82 Å². The van der Waals surface area contributed by atoms with E-state index in [0.29, 0.717) is 5.56 Å². The molecule has 0 amide bonds. The molecule has 0 fully saturated rings. The minimum Gasteiger partial charge on any atom is -0.293 e. The van der Waals surface area contributed by atoms with Crippen LogP contribution in [0.25, 0.3) is 0 Å². The van der Waals surface area contributed by atoms with Gasteiger partial charge in [0.15, 0.2) is 0 Å². The van der Waals surface area contributed by atoms with Crippen molar-refractivity contribution in [3.05, 3.63) is 62.4 Å². The van der Waals surface area contributed by atoms with Crippen molar-refractivity contribution in [2.24, 2.45) is 0 Å². The maximum Gasteiger partial charge on any atom is 0.328 e. The molecule has 2 rings (SSSR count). The normalized spacial score (nSPS) is 10.0. The smallest absolute Gasteiger partial charge is 0.293 e. The number of nitrogens with one attached hydrogen (secondary N) is 1. The Hall–Kier alpha value is -2.75. The number of rotatable bonds is 2. The standard InChI is InChI=1S/C11H7FN4O2/c12-8-6-16(11(18)15-10(8)17)5-7-2-1-3-14-9(7)4-13/h1-3,6H,5H2,(H,15,17,18). The highest BCUT2D eigenvalue weighted by atomic mass is 19.1. The predicted molar refractivity (Wildman–Crippen MR) is 59.3 cm³/mol. The summed E-state index contributed by atoms with van der Waals surface area (Å²) in [7, 11) is 0. The van der Waals surface area contributed by atoms with Crippen LogP contribution in [0.15, 0.2) is 34.1 Å². The van der Waals surface area contributed by atoms with E-state index in [1.807, 2.05) is 11.1 Å². The molecule has 2 aromatic heterocycles. The van der Waals surface area contributed by atoms with E-state index < -0.39 is 17.1 Å². The van der Waals surface area contributed by atoms with Crippen molar-refractivity contribution in [1.29, 1.82) is 5.26 Å². The minimum atomic E-state index is -1.07. The van der Waals surface area contributed by atoms with Crippen LogP contribution in [0.2, 0.25) is 0 Å². The third kappa shape index (κ3) is 2.17. The second-order valence-electron chi connectivity index (χ2n) is 3.49. The molecule has 0 spiro atoms. The number of aromatic amines is 1. The molecule has 0 aliphatic rings. The highest BCUT2D eigenvalue weighted by Crippen LogP contribution is 2.05. The zero-order valence-corrected chi connectivity index (χ0v) is 9.05. The van der Waals surface area contributed by atoms with E-state index in [9.17, 15) is 14.0 Å². The van der Waals surface area contributed by atoms with Gasteiger partial charge in [0.1, 0.15) is 11.8 Å². The van der Waals surface area contributed by atoms with Gasteiger partial charge in [-0.3, -0.25) is 14.3 Å². The van der Waals surface area contributed by atoms with E-state index in [0.717, 1.165) is 10.8 Å². The molecule has 0 saturated carbocycles. The summed E-state index contributed by atoms with van der Waals surface area (Å²) in [6.07, 6.45) is 2.24. The van der Waals surface area contributed by atoms with Gasteiger partial charge in [-0.05, 0) is 6.07 Å². The van der Waals surface area contributed by atoms with Gasteiger partial charge in [-0.2, -0.15) is 9.65 Å². The van der Waals surface area contributed by atoms with Gasteiger partial charge < -0.3 is 0 Å². The molecule has 0 aliphatic heterocycles. The molecule has 0 aromatic carbocycles. The maximum absolute atomic E-state index is 13.1. The quantitative estimate of drug-likeness (QED) is 0.806. The third-order valence-corrected chi connectivity index (χ3v) is 2.31. The van der Waals surface area contributed by atoms with Gasteiger partial charge in [-0.15, -0.1) is 0 Å². The van der Waals surface area contributed by atoms with E-state index in [2.05, 4.69) is 4.98 Å². The second-order valence-corrected chi connectivity index (χ2v) is 3.49. The van der Waals surface area contributed by atoms with Crippen molar-refractivity contribution in [3.8, 4) is 6.07 Å². The SMILES string of the molecule is N#Cc1ncccc1Cn1cc(F)c(=O)[nH]c1=O. The molecule has 7 heteroatoms. The van der Waals surface area contributed by atoms with Crippen LogP contribution in [0.5, 0.6) is 0 Å². The predicted octanol–water partition coefficient (Wildman–Crippen LogP) is -0.00932. The molecule has 0 bridgehead atoms. The first-order valence-electron chi connectivity index (χ1n) is 4.95. The van der Waals surface area contributed by atoms with E-state index >= 15 is 0 Å². The zero-order chi connectivity index (χ0) is 13.1. The lowest BCUT2D eigenvalue weighted by Gasteiger charge is -2.05. The average Bonchev–Trinajstić information content (AvgIpc) is 2.36. The monoisotopic (exact) mass is 246 g/mol. The van der Waals surface area contributed by atoms with Crippen LogP contribution in [0.4, 0.5) is 4.39 Å². The largest absolute Gasteiger partial charge is 0.328 e. The summed E-state index contributed by atoms with van der Waals surface area (Å²) in [6.45, 7) is -0.0384. The van der Waals surface area contributed by atoms with E-state index in [1.165, 1.54) is 6.20 Å². The average molecular weight is 246 g/mol. The van der Waals surface area contributed by atoms with Gasteiger partial charge in [0, 0.05) is 11.8 Å².